The highest BCUT2D eigenvalue weighted by Crippen LogP contribution is 2.14. The molecule has 0 saturated heterocycles. The van der Waals surface area contributed by atoms with Crippen LogP contribution in [0, 0.1) is 5.82 Å². The molecule has 0 N–H and O–H groups in total. The third-order valence-electron chi connectivity index (χ3n) is 2.74. The van der Waals surface area contributed by atoms with Crippen LogP contribution in [0.5, 0.6) is 0 Å². The predicted octanol–water partition coefficient (Wildman–Crippen LogP) is 4.42. The normalized spacial score (nSPS) is 11.3. The summed E-state index contributed by atoms with van der Waals surface area (Å²) in [4.78, 5) is 11.3. The summed E-state index contributed by atoms with van der Waals surface area (Å²) in [6, 6.07) is 8.27. The average Bonchev–Trinajstić information content (AvgIpc) is 3.35. The summed E-state index contributed by atoms with van der Waals surface area (Å²) in [6.45, 7) is 0.889. The van der Waals surface area contributed by atoms with Crippen LogP contribution in [0.2, 0.25) is 10.3 Å². The Morgan fingerprint density at radius 1 is 0.960 bits per heavy atom. The number of halogens is 3. The van der Waals surface area contributed by atoms with Crippen molar-refractivity contribution in [2.45, 2.75) is 0 Å². The first-order valence-electron chi connectivity index (χ1n) is 7.20. The van der Waals surface area contributed by atoms with Crippen LogP contribution in [0.1, 0.15) is 0 Å². The molecule has 0 aromatic carbocycles. The predicted molar refractivity (Wildman–Crippen MR) is 98.1 cm³/mol. The molecule has 25 heavy (non-hydrogen) atoms. The number of hydrogen-bond acceptors (Lipinski definition) is 4. The molecule has 0 saturated carbocycles. The Morgan fingerprint density at radius 3 is 2.16 bits per heavy atom. The molecule has 3 aromatic heterocycles. The number of pyridine rings is 2. The molecule has 5 nitrogen and oxygen atoms in total. The van der Waals surface area contributed by atoms with Gasteiger partial charge in [0.05, 0.1) is 6.54 Å². The fraction of sp³-hybridized carbons (Fsp3) is 0.0588. The van der Waals surface area contributed by atoms with E-state index in [1.54, 1.807) is 23.3 Å². The summed E-state index contributed by atoms with van der Waals surface area (Å²) in [5, 5.41) is 4.42. The second-order valence-electron chi connectivity index (χ2n) is 4.48. The van der Waals surface area contributed by atoms with Gasteiger partial charge >= 0.3 is 0 Å². The second kappa shape index (κ2) is 10.3. The zero-order chi connectivity index (χ0) is 17.9. The third kappa shape index (κ3) is 6.45. The largest absolute Gasteiger partial charge is 0.289 e. The summed E-state index contributed by atoms with van der Waals surface area (Å²) >= 11 is 11.1. The maximum absolute atomic E-state index is 12.1. The first kappa shape index (κ1) is 18.8. The van der Waals surface area contributed by atoms with Crippen molar-refractivity contribution in [1.29, 1.82) is 0 Å². The molecule has 0 radical (unpaired) electrons. The fourth-order valence-electron chi connectivity index (χ4n) is 1.63. The number of rotatable bonds is 1. The smallest absolute Gasteiger partial charge is 0.164 e. The van der Waals surface area contributed by atoms with E-state index in [1.165, 1.54) is 18.3 Å². The van der Waals surface area contributed by atoms with E-state index in [0.717, 1.165) is 12.2 Å². The Labute approximate surface area is 154 Å². The summed E-state index contributed by atoms with van der Waals surface area (Å²) in [5.74, 6) is -0.478. The minimum atomic E-state index is -0.478. The van der Waals surface area contributed by atoms with E-state index >= 15 is 0 Å². The van der Waals surface area contributed by atoms with Gasteiger partial charge in [-0.05, 0) is 36.4 Å². The Morgan fingerprint density at radius 2 is 1.72 bits per heavy atom. The minimum absolute atomic E-state index is 0.0764. The van der Waals surface area contributed by atoms with E-state index in [-0.39, 0.29) is 5.15 Å². The van der Waals surface area contributed by atoms with Gasteiger partial charge in [-0.2, -0.15) is 5.10 Å². The van der Waals surface area contributed by atoms with Crippen LogP contribution < -0.4 is 0 Å². The SMILES string of the molecule is C1=CCN=C1.Clc1ncccc1-n1cccn1.Fc1cccnc1Cl. The number of nitrogens with zero attached hydrogens (tertiary/aromatic N) is 5. The van der Waals surface area contributed by atoms with E-state index in [4.69, 9.17) is 23.2 Å². The van der Waals surface area contributed by atoms with Crippen molar-refractivity contribution in [3.63, 3.8) is 0 Å². The fourth-order valence-corrected chi connectivity index (χ4v) is 1.96. The van der Waals surface area contributed by atoms with Crippen molar-refractivity contribution in [3.8, 4) is 5.69 Å². The Bertz CT molecular complexity index is 804. The molecule has 0 unspecified atom stereocenters. The first-order valence-corrected chi connectivity index (χ1v) is 7.95. The van der Waals surface area contributed by atoms with Gasteiger partial charge in [0.2, 0.25) is 0 Å². The van der Waals surface area contributed by atoms with Gasteiger partial charge in [0.1, 0.15) is 5.69 Å². The molecule has 0 atom stereocenters. The summed E-state index contributed by atoms with van der Waals surface area (Å²) < 4.78 is 13.8. The third-order valence-corrected chi connectivity index (χ3v) is 3.31. The monoisotopic (exact) mass is 377 g/mol. The van der Waals surface area contributed by atoms with Crippen molar-refractivity contribution >= 4 is 29.4 Å². The maximum atomic E-state index is 12.1. The van der Waals surface area contributed by atoms with Gasteiger partial charge in [0.15, 0.2) is 16.1 Å². The van der Waals surface area contributed by atoms with Crippen molar-refractivity contribution in [2.24, 2.45) is 4.99 Å². The first-order chi connectivity index (χ1) is 12.2. The van der Waals surface area contributed by atoms with Crippen LogP contribution in [0.3, 0.4) is 0 Å². The van der Waals surface area contributed by atoms with Gasteiger partial charge in [0.25, 0.3) is 0 Å². The molecule has 3 aromatic rings. The molecule has 4 heterocycles. The summed E-state index contributed by atoms with van der Waals surface area (Å²) in [5.41, 5.74) is 0.796. The molecule has 128 valence electrons. The van der Waals surface area contributed by atoms with Crippen molar-refractivity contribution < 1.29 is 4.39 Å². The second-order valence-corrected chi connectivity index (χ2v) is 5.20. The molecule has 0 aliphatic carbocycles. The zero-order valence-electron chi connectivity index (χ0n) is 13.0. The van der Waals surface area contributed by atoms with Crippen LogP contribution in [-0.2, 0) is 0 Å². The average molecular weight is 378 g/mol. The van der Waals surface area contributed by atoms with E-state index in [1.807, 2.05) is 36.5 Å². The molecule has 4 rings (SSSR count). The lowest BCUT2D eigenvalue weighted by atomic mass is 10.4. The molecule has 1 aliphatic heterocycles. The summed E-state index contributed by atoms with van der Waals surface area (Å²) in [6.07, 6.45) is 12.4. The van der Waals surface area contributed by atoms with Gasteiger partial charge < -0.3 is 0 Å². The molecule has 1 aliphatic rings. The highest BCUT2D eigenvalue weighted by Gasteiger charge is 2.00. The number of aliphatic imine (C=N–C) groups is 1. The van der Waals surface area contributed by atoms with E-state index in [0.29, 0.717) is 5.15 Å². The van der Waals surface area contributed by atoms with Crippen LogP contribution in [0.4, 0.5) is 4.39 Å². The van der Waals surface area contributed by atoms with Gasteiger partial charge in [-0.25, -0.2) is 19.0 Å². The topological polar surface area (TPSA) is 56.0 Å². The van der Waals surface area contributed by atoms with Gasteiger partial charge in [-0.1, -0.05) is 29.3 Å². The lowest BCUT2D eigenvalue weighted by Gasteiger charge is -2.00. The molecule has 8 heteroatoms. The summed E-state index contributed by atoms with van der Waals surface area (Å²) in [7, 11) is 0. The Balaban J connectivity index is 0.000000149. The zero-order valence-corrected chi connectivity index (χ0v) is 14.5. The molecule has 0 amide bonds. The van der Waals surface area contributed by atoms with E-state index in [2.05, 4.69) is 20.1 Å². The number of aromatic nitrogens is 4. The number of hydrogen-bond donors (Lipinski definition) is 0. The van der Waals surface area contributed by atoms with Gasteiger partial charge in [-0.3, -0.25) is 4.99 Å². The molecular formula is C17H14Cl2FN5. The number of allylic oxidation sites excluding steroid dienone is 1. The molecular weight excluding hydrogens is 364 g/mol. The van der Waals surface area contributed by atoms with Crippen LogP contribution in [0.15, 0.2) is 72.3 Å². The van der Waals surface area contributed by atoms with E-state index < -0.39 is 5.82 Å². The molecule has 0 bridgehead atoms. The van der Waals surface area contributed by atoms with Crippen LogP contribution >= 0.6 is 23.2 Å². The lowest BCUT2D eigenvalue weighted by molar-refractivity contribution is 0.622. The maximum Gasteiger partial charge on any atom is 0.164 e. The Kier molecular flexibility index (Phi) is 7.75. The highest BCUT2D eigenvalue weighted by molar-refractivity contribution is 6.31. The quantitative estimate of drug-likeness (QED) is 0.589. The standard InChI is InChI=1S/C8H6ClN3.C5H3ClFN.C4H5N/c9-8-7(3-1-4-10-8)12-6-2-5-11-12;6-5-4(7)2-1-3-8-5;1-2-4-5-3-1/h1-6H;1-3H;1-3H,4H2. The van der Waals surface area contributed by atoms with Crippen LogP contribution in [-0.4, -0.2) is 32.5 Å². The van der Waals surface area contributed by atoms with Crippen molar-refractivity contribution in [3.05, 3.63) is 83.4 Å². The Hall–Kier alpha value is -2.57. The van der Waals surface area contributed by atoms with Gasteiger partial charge in [0, 0.05) is 31.0 Å². The van der Waals surface area contributed by atoms with Gasteiger partial charge in [-0.15, -0.1) is 0 Å². The van der Waals surface area contributed by atoms with Crippen molar-refractivity contribution in [2.75, 3.05) is 6.54 Å². The van der Waals surface area contributed by atoms with Crippen molar-refractivity contribution in [1.82, 2.24) is 19.7 Å². The van der Waals surface area contributed by atoms with Crippen LogP contribution in [0.25, 0.3) is 5.69 Å². The highest BCUT2D eigenvalue weighted by atomic mass is 35.5. The molecule has 0 fully saturated rings. The lowest BCUT2D eigenvalue weighted by Crippen LogP contribution is -1.95. The van der Waals surface area contributed by atoms with E-state index in [9.17, 15) is 4.39 Å². The minimum Gasteiger partial charge on any atom is -0.289 e. The molecule has 0 spiro atoms.